The Morgan fingerprint density at radius 2 is 2.17 bits per heavy atom. The number of hydrogen-bond acceptors (Lipinski definition) is 2. The molecule has 2 atom stereocenters. The standard InChI is InChI=1S/C15H23FN2/c1-11-5-4-8-18(12(11)2)15-7-6-14(16)9-13(15)10-17-3/h6-7,9,11-12,17H,4-5,8,10H2,1-3H3. The molecule has 3 heteroatoms. The highest BCUT2D eigenvalue weighted by molar-refractivity contribution is 5.55. The molecule has 1 fully saturated rings. The number of piperidine rings is 1. The van der Waals surface area contributed by atoms with E-state index in [4.69, 9.17) is 0 Å². The maximum Gasteiger partial charge on any atom is 0.123 e. The Labute approximate surface area is 109 Å². The molecule has 1 heterocycles. The van der Waals surface area contributed by atoms with Crippen LogP contribution in [0.2, 0.25) is 0 Å². The summed E-state index contributed by atoms with van der Waals surface area (Å²) in [5, 5.41) is 3.12. The fraction of sp³-hybridized carbons (Fsp3) is 0.600. The number of benzene rings is 1. The van der Waals surface area contributed by atoms with Gasteiger partial charge in [-0.05, 0) is 56.5 Å². The molecule has 1 aliphatic heterocycles. The average Bonchev–Trinajstić information content (AvgIpc) is 2.34. The summed E-state index contributed by atoms with van der Waals surface area (Å²) in [4.78, 5) is 2.43. The second kappa shape index (κ2) is 5.70. The van der Waals surface area contributed by atoms with E-state index >= 15 is 0 Å². The van der Waals surface area contributed by atoms with Crippen molar-refractivity contribution in [2.75, 3.05) is 18.5 Å². The smallest absolute Gasteiger partial charge is 0.123 e. The average molecular weight is 250 g/mol. The quantitative estimate of drug-likeness (QED) is 0.886. The van der Waals surface area contributed by atoms with Crippen molar-refractivity contribution in [1.82, 2.24) is 5.32 Å². The second-order valence-corrected chi connectivity index (χ2v) is 5.36. The number of nitrogens with zero attached hydrogens (tertiary/aromatic N) is 1. The van der Waals surface area contributed by atoms with Crippen LogP contribution in [0.5, 0.6) is 0 Å². The third-order valence-corrected chi connectivity index (χ3v) is 4.09. The minimum absolute atomic E-state index is 0.151. The van der Waals surface area contributed by atoms with Gasteiger partial charge in [-0.2, -0.15) is 0 Å². The van der Waals surface area contributed by atoms with E-state index in [9.17, 15) is 4.39 Å². The van der Waals surface area contributed by atoms with Gasteiger partial charge >= 0.3 is 0 Å². The van der Waals surface area contributed by atoms with Crippen molar-refractivity contribution in [3.8, 4) is 0 Å². The van der Waals surface area contributed by atoms with Crippen LogP contribution in [0.4, 0.5) is 10.1 Å². The first-order valence-electron chi connectivity index (χ1n) is 6.83. The van der Waals surface area contributed by atoms with E-state index in [1.807, 2.05) is 13.1 Å². The summed E-state index contributed by atoms with van der Waals surface area (Å²) < 4.78 is 13.4. The first-order valence-corrected chi connectivity index (χ1v) is 6.83. The van der Waals surface area contributed by atoms with E-state index in [-0.39, 0.29) is 5.82 Å². The SMILES string of the molecule is CNCc1cc(F)ccc1N1CCCC(C)C1C. The zero-order valence-electron chi connectivity index (χ0n) is 11.5. The Morgan fingerprint density at radius 1 is 1.39 bits per heavy atom. The first kappa shape index (κ1) is 13.3. The van der Waals surface area contributed by atoms with Crippen LogP contribution in [0, 0.1) is 11.7 Å². The van der Waals surface area contributed by atoms with Crippen LogP contribution in [0.25, 0.3) is 0 Å². The molecule has 0 amide bonds. The largest absolute Gasteiger partial charge is 0.368 e. The van der Waals surface area contributed by atoms with E-state index in [0.29, 0.717) is 18.5 Å². The lowest BCUT2D eigenvalue weighted by Crippen LogP contribution is -2.43. The second-order valence-electron chi connectivity index (χ2n) is 5.36. The van der Waals surface area contributed by atoms with E-state index in [2.05, 4.69) is 24.1 Å². The van der Waals surface area contributed by atoms with Crippen LogP contribution in [0.15, 0.2) is 18.2 Å². The van der Waals surface area contributed by atoms with Crippen LogP contribution >= 0.6 is 0 Å². The van der Waals surface area contributed by atoms with Crippen LogP contribution < -0.4 is 10.2 Å². The molecule has 0 bridgehead atoms. The van der Waals surface area contributed by atoms with Crippen molar-refractivity contribution in [3.63, 3.8) is 0 Å². The van der Waals surface area contributed by atoms with Gasteiger partial charge in [0.1, 0.15) is 5.82 Å². The minimum Gasteiger partial charge on any atom is -0.368 e. The van der Waals surface area contributed by atoms with Gasteiger partial charge in [0.05, 0.1) is 0 Å². The Balaban J connectivity index is 2.31. The summed E-state index contributed by atoms with van der Waals surface area (Å²) in [6, 6.07) is 5.68. The first-order chi connectivity index (χ1) is 8.63. The molecule has 2 nitrogen and oxygen atoms in total. The maximum atomic E-state index is 13.4. The molecule has 2 rings (SSSR count). The Kier molecular flexibility index (Phi) is 4.23. The summed E-state index contributed by atoms with van der Waals surface area (Å²) in [5.74, 6) is 0.549. The highest BCUT2D eigenvalue weighted by Gasteiger charge is 2.26. The maximum absolute atomic E-state index is 13.4. The molecule has 18 heavy (non-hydrogen) atoms. The van der Waals surface area contributed by atoms with Gasteiger partial charge in [0.15, 0.2) is 0 Å². The highest BCUT2D eigenvalue weighted by atomic mass is 19.1. The Hall–Kier alpha value is -1.09. The highest BCUT2D eigenvalue weighted by Crippen LogP contribution is 2.31. The summed E-state index contributed by atoms with van der Waals surface area (Å²) in [7, 11) is 1.90. The number of anilines is 1. The Bertz CT molecular complexity index is 405. The van der Waals surface area contributed by atoms with Crippen LogP contribution in [-0.2, 0) is 6.54 Å². The predicted octanol–water partition coefficient (Wildman–Crippen LogP) is 3.17. The molecule has 0 aliphatic carbocycles. The molecule has 2 unspecified atom stereocenters. The van der Waals surface area contributed by atoms with Gasteiger partial charge < -0.3 is 10.2 Å². The summed E-state index contributed by atoms with van der Waals surface area (Å²) in [6.45, 7) is 6.37. The fourth-order valence-electron chi connectivity index (χ4n) is 2.84. The van der Waals surface area contributed by atoms with Crippen LogP contribution in [0.1, 0.15) is 32.3 Å². The number of nitrogens with one attached hydrogen (secondary N) is 1. The van der Waals surface area contributed by atoms with Crippen molar-refractivity contribution >= 4 is 5.69 Å². The van der Waals surface area contributed by atoms with Crippen LogP contribution in [-0.4, -0.2) is 19.6 Å². The van der Waals surface area contributed by atoms with Crippen molar-refractivity contribution < 1.29 is 4.39 Å². The molecule has 100 valence electrons. The normalized spacial score (nSPS) is 24.3. The number of hydrogen-bond donors (Lipinski definition) is 1. The molecule has 0 spiro atoms. The lowest BCUT2D eigenvalue weighted by atomic mass is 9.91. The number of halogens is 1. The molecule has 0 radical (unpaired) electrons. The zero-order chi connectivity index (χ0) is 13.1. The Morgan fingerprint density at radius 3 is 2.89 bits per heavy atom. The van der Waals surface area contributed by atoms with Gasteiger partial charge in [-0.1, -0.05) is 6.92 Å². The van der Waals surface area contributed by atoms with Gasteiger partial charge in [0.25, 0.3) is 0 Å². The summed E-state index contributed by atoms with van der Waals surface area (Å²) in [6.07, 6.45) is 2.52. The predicted molar refractivity (Wildman–Crippen MR) is 74.4 cm³/mol. The third-order valence-electron chi connectivity index (χ3n) is 4.09. The molecular weight excluding hydrogens is 227 g/mol. The summed E-state index contributed by atoms with van der Waals surface area (Å²) >= 11 is 0. The summed E-state index contributed by atoms with van der Waals surface area (Å²) in [5.41, 5.74) is 2.24. The molecular formula is C15H23FN2. The number of rotatable bonds is 3. The topological polar surface area (TPSA) is 15.3 Å². The molecule has 1 aromatic carbocycles. The zero-order valence-corrected chi connectivity index (χ0v) is 11.5. The fourth-order valence-corrected chi connectivity index (χ4v) is 2.84. The van der Waals surface area contributed by atoms with Gasteiger partial charge in [0, 0.05) is 24.8 Å². The van der Waals surface area contributed by atoms with Gasteiger partial charge in [0.2, 0.25) is 0 Å². The van der Waals surface area contributed by atoms with Gasteiger partial charge in [-0.3, -0.25) is 0 Å². The molecule has 1 N–H and O–H groups in total. The molecule has 0 saturated carbocycles. The van der Waals surface area contributed by atoms with Crippen molar-refractivity contribution in [1.29, 1.82) is 0 Å². The van der Waals surface area contributed by atoms with E-state index in [0.717, 1.165) is 12.1 Å². The van der Waals surface area contributed by atoms with Crippen molar-refractivity contribution in [2.45, 2.75) is 39.3 Å². The van der Waals surface area contributed by atoms with Crippen molar-refractivity contribution in [2.24, 2.45) is 5.92 Å². The minimum atomic E-state index is -0.151. The lowest BCUT2D eigenvalue weighted by Gasteiger charge is -2.40. The van der Waals surface area contributed by atoms with Crippen molar-refractivity contribution in [3.05, 3.63) is 29.6 Å². The van der Waals surface area contributed by atoms with E-state index in [1.54, 1.807) is 12.1 Å². The van der Waals surface area contributed by atoms with Gasteiger partial charge in [-0.15, -0.1) is 0 Å². The molecule has 0 aromatic heterocycles. The molecule has 1 saturated heterocycles. The van der Waals surface area contributed by atoms with Crippen LogP contribution in [0.3, 0.4) is 0 Å². The van der Waals surface area contributed by atoms with E-state index in [1.165, 1.54) is 18.5 Å². The lowest BCUT2D eigenvalue weighted by molar-refractivity contribution is 0.363. The molecule has 1 aliphatic rings. The van der Waals surface area contributed by atoms with E-state index < -0.39 is 0 Å². The van der Waals surface area contributed by atoms with Gasteiger partial charge in [-0.25, -0.2) is 4.39 Å². The third kappa shape index (κ3) is 2.66. The molecule has 1 aromatic rings. The monoisotopic (exact) mass is 250 g/mol.